The summed E-state index contributed by atoms with van der Waals surface area (Å²) in [6, 6.07) is 7.79. The maximum Gasteiger partial charge on any atom is 0.214 e. The number of carbonyl (C=O) groups is 1. The number of ketones is 1. The molecule has 1 aromatic carbocycles. The van der Waals surface area contributed by atoms with Crippen LogP contribution < -0.4 is 4.74 Å². The van der Waals surface area contributed by atoms with Crippen LogP contribution in [0.1, 0.15) is 15.2 Å². The number of hydrogen-bond donors (Lipinski definition) is 0. The Hall–Kier alpha value is -0.650. The Morgan fingerprint density at radius 2 is 2.11 bits per heavy atom. The molecule has 0 saturated heterocycles. The first-order chi connectivity index (χ1) is 8.66. The molecule has 2 heterocycles. The van der Waals surface area contributed by atoms with Gasteiger partial charge in [-0.2, -0.15) is 0 Å². The van der Waals surface area contributed by atoms with Crippen molar-refractivity contribution in [1.82, 2.24) is 0 Å². The van der Waals surface area contributed by atoms with Crippen LogP contribution in [0, 0.1) is 0 Å². The third-order valence-electron chi connectivity index (χ3n) is 2.85. The minimum atomic E-state index is -0.399. The van der Waals surface area contributed by atoms with Crippen molar-refractivity contribution in [3.8, 4) is 5.75 Å². The van der Waals surface area contributed by atoms with E-state index in [4.69, 9.17) is 4.74 Å². The second-order valence-corrected chi connectivity index (χ2v) is 6.54. The number of hydrogen-bond acceptors (Lipinski definition) is 3. The molecule has 5 heteroatoms. The summed E-state index contributed by atoms with van der Waals surface area (Å²) in [5.74, 6) is 0.858. The highest BCUT2D eigenvalue weighted by Crippen LogP contribution is 2.36. The van der Waals surface area contributed by atoms with E-state index < -0.39 is 6.10 Å². The molecule has 0 bridgehead atoms. The van der Waals surface area contributed by atoms with E-state index in [-0.39, 0.29) is 5.78 Å². The zero-order valence-corrected chi connectivity index (χ0v) is 13.1. The topological polar surface area (TPSA) is 26.3 Å². The molecule has 0 radical (unpaired) electrons. The second-order valence-electron chi connectivity index (χ2n) is 4.01. The molecule has 0 amide bonds. The fourth-order valence-electron chi connectivity index (χ4n) is 1.96. The van der Waals surface area contributed by atoms with E-state index in [2.05, 4.69) is 31.9 Å². The molecule has 3 rings (SSSR count). The average Bonchev–Trinajstić information content (AvgIpc) is 2.94. The molecule has 2 nitrogen and oxygen atoms in total. The van der Waals surface area contributed by atoms with Gasteiger partial charge in [-0.3, -0.25) is 4.79 Å². The molecule has 2 aromatic rings. The van der Waals surface area contributed by atoms with Gasteiger partial charge in [-0.25, -0.2) is 0 Å². The lowest BCUT2D eigenvalue weighted by molar-refractivity contribution is 0.0828. The Balaban J connectivity index is 1.87. The number of para-hydroxylation sites is 1. The monoisotopic (exact) mass is 386 g/mol. The molecule has 1 aliphatic rings. The lowest BCUT2D eigenvalue weighted by Gasteiger charge is -2.08. The summed E-state index contributed by atoms with van der Waals surface area (Å²) in [6.07, 6.45) is 0.251. The fraction of sp³-hybridized carbons (Fsp3) is 0.154. The second kappa shape index (κ2) is 4.79. The predicted octanol–water partition coefficient (Wildman–Crippen LogP) is 4.46. The Labute approximate surface area is 125 Å². The molecule has 1 atom stereocenters. The highest BCUT2D eigenvalue weighted by Gasteiger charge is 2.31. The maximum atomic E-state index is 12.4. The van der Waals surface area contributed by atoms with Crippen LogP contribution in [0.25, 0.3) is 0 Å². The standard InChI is InChI=1S/C13H8Br2O2S/c14-8-6-18-13(11(8)15)12(16)10-5-7-3-1-2-4-9(7)17-10/h1-4,6,10H,5H2. The third-order valence-corrected chi connectivity index (χ3v) is 6.39. The van der Waals surface area contributed by atoms with Gasteiger partial charge < -0.3 is 4.74 Å². The Morgan fingerprint density at radius 1 is 1.33 bits per heavy atom. The van der Waals surface area contributed by atoms with E-state index in [0.717, 1.165) is 20.3 Å². The lowest BCUT2D eigenvalue weighted by Crippen LogP contribution is -2.24. The van der Waals surface area contributed by atoms with Crippen molar-refractivity contribution in [2.75, 3.05) is 0 Å². The number of halogens is 2. The lowest BCUT2D eigenvalue weighted by atomic mass is 10.1. The van der Waals surface area contributed by atoms with Crippen LogP contribution in [-0.2, 0) is 6.42 Å². The number of rotatable bonds is 2. The fourth-order valence-corrected chi connectivity index (χ4v) is 4.12. The van der Waals surface area contributed by atoms with Gasteiger partial charge in [0.05, 0.1) is 9.35 Å². The normalized spacial score (nSPS) is 17.3. The summed E-state index contributed by atoms with van der Waals surface area (Å²) in [7, 11) is 0. The van der Waals surface area contributed by atoms with Crippen LogP contribution in [0.5, 0.6) is 5.75 Å². The van der Waals surface area contributed by atoms with Crippen molar-refractivity contribution >= 4 is 49.0 Å². The van der Waals surface area contributed by atoms with Crippen LogP contribution in [0.3, 0.4) is 0 Å². The van der Waals surface area contributed by atoms with Crippen LogP contribution in [0.2, 0.25) is 0 Å². The van der Waals surface area contributed by atoms with E-state index in [1.54, 1.807) is 0 Å². The number of Topliss-reactive ketones (excluding diaryl/α,β-unsaturated/α-hetero) is 1. The SMILES string of the molecule is O=C(c1scc(Br)c1Br)C1Cc2ccccc2O1. The van der Waals surface area contributed by atoms with Crippen molar-refractivity contribution in [2.45, 2.75) is 12.5 Å². The van der Waals surface area contributed by atoms with E-state index in [1.807, 2.05) is 29.6 Å². The van der Waals surface area contributed by atoms with Crippen LogP contribution in [0.15, 0.2) is 38.6 Å². The molecular formula is C13H8Br2O2S. The van der Waals surface area contributed by atoms with Gasteiger partial charge in [-0.15, -0.1) is 11.3 Å². The third kappa shape index (κ3) is 2.04. The summed E-state index contributed by atoms with van der Waals surface area (Å²) >= 11 is 8.24. The minimum absolute atomic E-state index is 0.0359. The van der Waals surface area contributed by atoms with E-state index in [1.165, 1.54) is 11.3 Å². The van der Waals surface area contributed by atoms with Gasteiger partial charge in [0.25, 0.3) is 0 Å². The van der Waals surface area contributed by atoms with Gasteiger partial charge >= 0.3 is 0 Å². The quantitative estimate of drug-likeness (QED) is 0.711. The molecule has 1 unspecified atom stereocenters. The number of ether oxygens (including phenoxy) is 1. The first kappa shape index (κ1) is 12.4. The first-order valence-corrected chi connectivity index (χ1v) is 7.84. The van der Waals surface area contributed by atoms with Crippen molar-refractivity contribution in [1.29, 1.82) is 0 Å². The summed E-state index contributed by atoms with van der Waals surface area (Å²) in [6.45, 7) is 0. The minimum Gasteiger partial charge on any atom is -0.482 e. The van der Waals surface area contributed by atoms with Gasteiger partial charge in [0, 0.05) is 16.3 Å². The molecule has 0 fully saturated rings. The Kier molecular flexibility index (Phi) is 3.30. The molecule has 18 heavy (non-hydrogen) atoms. The van der Waals surface area contributed by atoms with Gasteiger partial charge in [-0.1, -0.05) is 18.2 Å². The molecule has 0 aliphatic carbocycles. The van der Waals surface area contributed by atoms with E-state index in [9.17, 15) is 4.79 Å². The van der Waals surface area contributed by atoms with Gasteiger partial charge in [0.1, 0.15) is 5.75 Å². The molecular weight excluding hydrogens is 380 g/mol. The van der Waals surface area contributed by atoms with E-state index >= 15 is 0 Å². The van der Waals surface area contributed by atoms with Gasteiger partial charge in [0.2, 0.25) is 5.78 Å². The zero-order valence-electron chi connectivity index (χ0n) is 9.15. The van der Waals surface area contributed by atoms with Crippen LogP contribution in [0.4, 0.5) is 0 Å². The summed E-state index contributed by atoms with van der Waals surface area (Å²) in [5.41, 5.74) is 1.10. The van der Waals surface area contributed by atoms with Gasteiger partial charge in [0.15, 0.2) is 6.10 Å². The predicted molar refractivity (Wildman–Crippen MR) is 78.6 cm³/mol. The van der Waals surface area contributed by atoms with Crippen molar-refractivity contribution in [2.24, 2.45) is 0 Å². The van der Waals surface area contributed by atoms with E-state index in [0.29, 0.717) is 11.3 Å². The zero-order chi connectivity index (χ0) is 12.7. The number of fused-ring (bicyclic) bond motifs is 1. The highest BCUT2D eigenvalue weighted by molar-refractivity contribution is 9.13. The maximum absolute atomic E-state index is 12.4. The highest BCUT2D eigenvalue weighted by atomic mass is 79.9. The Bertz CT molecular complexity index is 596. The average molecular weight is 388 g/mol. The summed E-state index contributed by atoms with van der Waals surface area (Å²) in [5, 5.41) is 1.90. The van der Waals surface area contributed by atoms with Crippen molar-refractivity contribution in [3.63, 3.8) is 0 Å². The molecule has 0 N–H and O–H groups in total. The van der Waals surface area contributed by atoms with Crippen LogP contribution >= 0.6 is 43.2 Å². The summed E-state index contributed by atoms with van der Waals surface area (Å²) < 4.78 is 7.43. The molecule has 0 saturated carbocycles. The van der Waals surface area contributed by atoms with Crippen molar-refractivity contribution in [3.05, 3.63) is 49.0 Å². The molecule has 1 aromatic heterocycles. The molecule has 1 aliphatic heterocycles. The molecule has 0 spiro atoms. The molecule has 92 valence electrons. The Morgan fingerprint density at radius 3 is 2.78 bits per heavy atom. The number of benzene rings is 1. The van der Waals surface area contributed by atoms with Gasteiger partial charge in [-0.05, 0) is 43.5 Å². The number of thiophene rings is 1. The van der Waals surface area contributed by atoms with Crippen LogP contribution in [-0.4, -0.2) is 11.9 Å². The summed E-state index contributed by atoms with van der Waals surface area (Å²) in [4.78, 5) is 13.1. The smallest absolute Gasteiger partial charge is 0.214 e. The number of carbonyl (C=O) groups excluding carboxylic acids is 1. The largest absolute Gasteiger partial charge is 0.482 e. The first-order valence-electron chi connectivity index (χ1n) is 5.38. The van der Waals surface area contributed by atoms with Crippen molar-refractivity contribution < 1.29 is 9.53 Å².